The Morgan fingerprint density at radius 2 is 1.61 bits per heavy atom. The van der Waals surface area contributed by atoms with E-state index < -0.39 is 12.0 Å². The van der Waals surface area contributed by atoms with Crippen molar-refractivity contribution in [3.05, 3.63) is 55.4 Å². The molecule has 3 nitrogen and oxygen atoms in total. The predicted molar refractivity (Wildman–Crippen MR) is 96.7 cm³/mol. The number of anilines is 1. The van der Waals surface area contributed by atoms with Gasteiger partial charge in [0.15, 0.2) is 6.10 Å². The summed E-state index contributed by atoms with van der Waals surface area (Å²) < 4.78 is 5.52. The first kappa shape index (κ1) is 18.5. The van der Waals surface area contributed by atoms with Crippen LogP contribution in [0.25, 0.3) is 0 Å². The van der Waals surface area contributed by atoms with E-state index in [1.165, 1.54) is 18.2 Å². The zero-order valence-corrected chi connectivity index (χ0v) is 15.5. The van der Waals surface area contributed by atoms with E-state index in [0.717, 1.165) is 0 Å². The van der Waals surface area contributed by atoms with E-state index in [1.54, 1.807) is 19.1 Å². The molecule has 8 heteroatoms. The van der Waals surface area contributed by atoms with Crippen LogP contribution >= 0.6 is 58.0 Å². The summed E-state index contributed by atoms with van der Waals surface area (Å²) in [5, 5.41) is 4.25. The molecule has 0 radical (unpaired) electrons. The highest BCUT2D eigenvalue weighted by molar-refractivity contribution is 6.44. The number of hydrogen-bond acceptors (Lipinski definition) is 2. The molecule has 0 bridgehead atoms. The molecule has 0 saturated heterocycles. The first-order valence-electron chi connectivity index (χ1n) is 6.35. The molecule has 0 aliphatic rings. The molecule has 0 aliphatic heterocycles. The number of ether oxygens (including phenoxy) is 1. The number of benzene rings is 2. The number of amides is 1. The number of nitrogens with one attached hydrogen (secondary N) is 1. The number of rotatable bonds is 4. The van der Waals surface area contributed by atoms with Crippen LogP contribution in [0.1, 0.15) is 6.92 Å². The highest BCUT2D eigenvalue weighted by Crippen LogP contribution is 2.33. The summed E-state index contributed by atoms with van der Waals surface area (Å²) in [6.45, 7) is 1.58. The summed E-state index contributed by atoms with van der Waals surface area (Å²) in [5.74, 6) is -0.0738. The van der Waals surface area contributed by atoms with Crippen LogP contribution in [0.15, 0.2) is 30.3 Å². The fourth-order valence-electron chi connectivity index (χ4n) is 1.67. The molecule has 0 saturated carbocycles. The molecule has 2 aromatic carbocycles. The van der Waals surface area contributed by atoms with Crippen molar-refractivity contribution in [2.24, 2.45) is 0 Å². The van der Waals surface area contributed by atoms with Crippen molar-refractivity contribution < 1.29 is 9.53 Å². The molecule has 2 rings (SSSR count). The van der Waals surface area contributed by atoms with E-state index in [4.69, 9.17) is 62.7 Å². The van der Waals surface area contributed by atoms with Crippen LogP contribution in [-0.2, 0) is 4.79 Å². The third kappa shape index (κ3) is 4.82. The Bertz CT molecular complexity index is 751. The van der Waals surface area contributed by atoms with Crippen molar-refractivity contribution in [2.75, 3.05) is 5.32 Å². The third-order valence-electron chi connectivity index (χ3n) is 2.83. The zero-order valence-electron chi connectivity index (χ0n) is 11.7. The third-order valence-corrected chi connectivity index (χ3v) is 4.40. The van der Waals surface area contributed by atoms with Gasteiger partial charge in [-0.25, -0.2) is 0 Å². The lowest BCUT2D eigenvalue weighted by Gasteiger charge is -2.16. The van der Waals surface area contributed by atoms with Crippen LogP contribution in [0.4, 0.5) is 5.69 Å². The molecule has 0 heterocycles. The number of carbonyl (C=O) groups excluding carboxylic acids is 1. The monoisotopic (exact) mass is 411 g/mol. The van der Waals surface area contributed by atoms with Crippen LogP contribution in [0.2, 0.25) is 25.1 Å². The molecular weight excluding hydrogens is 403 g/mol. The first-order chi connectivity index (χ1) is 10.8. The summed E-state index contributed by atoms with van der Waals surface area (Å²) >= 11 is 29.6. The second-order valence-corrected chi connectivity index (χ2v) is 6.64. The van der Waals surface area contributed by atoms with Gasteiger partial charge in [-0.05, 0) is 37.3 Å². The number of halogens is 5. The molecule has 0 aliphatic carbocycles. The topological polar surface area (TPSA) is 38.3 Å². The van der Waals surface area contributed by atoms with Gasteiger partial charge in [0.2, 0.25) is 0 Å². The Morgan fingerprint density at radius 1 is 0.957 bits per heavy atom. The van der Waals surface area contributed by atoms with Crippen LogP contribution in [0.3, 0.4) is 0 Å². The molecule has 1 amide bonds. The lowest BCUT2D eigenvalue weighted by molar-refractivity contribution is -0.122. The molecule has 0 unspecified atom stereocenters. The minimum atomic E-state index is -0.820. The van der Waals surface area contributed by atoms with E-state index >= 15 is 0 Å². The van der Waals surface area contributed by atoms with Crippen molar-refractivity contribution in [3.8, 4) is 5.75 Å². The van der Waals surface area contributed by atoms with Gasteiger partial charge in [0.1, 0.15) is 5.75 Å². The molecule has 2 aromatic rings. The highest BCUT2D eigenvalue weighted by Gasteiger charge is 2.18. The van der Waals surface area contributed by atoms with Crippen LogP contribution in [-0.4, -0.2) is 12.0 Å². The van der Waals surface area contributed by atoms with Gasteiger partial charge in [0, 0.05) is 5.02 Å². The number of hydrogen-bond donors (Lipinski definition) is 1. The maximum atomic E-state index is 12.2. The minimum absolute atomic E-state index is 0.268. The molecule has 0 fully saturated rings. The minimum Gasteiger partial charge on any atom is -0.479 e. The summed E-state index contributed by atoms with van der Waals surface area (Å²) in [7, 11) is 0. The van der Waals surface area contributed by atoms with Gasteiger partial charge in [-0.15, -0.1) is 0 Å². The van der Waals surface area contributed by atoms with Gasteiger partial charge in [-0.2, -0.15) is 0 Å². The SMILES string of the molecule is C[C@H](Oc1ccc(Cl)cc1Cl)C(=O)Nc1cc(Cl)c(Cl)cc1Cl. The summed E-state index contributed by atoms with van der Waals surface area (Å²) in [5.41, 5.74) is 0.337. The second kappa shape index (κ2) is 7.82. The Hall–Kier alpha value is -0.840. The molecular formula is C15H10Cl5NO2. The van der Waals surface area contributed by atoms with Crippen LogP contribution < -0.4 is 10.1 Å². The zero-order chi connectivity index (χ0) is 17.1. The first-order valence-corrected chi connectivity index (χ1v) is 8.24. The fraction of sp³-hybridized carbons (Fsp3) is 0.133. The maximum Gasteiger partial charge on any atom is 0.265 e. The molecule has 122 valence electrons. The normalized spacial score (nSPS) is 11.9. The smallest absolute Gasteiger partial charge is 0.265 e. The Kier molecular flexibility index (Phi) is 6.29. The molecule has 0 spiro atoms. The lowest BCUT2D eigenvalue weighted by atomic mass is 10.3. The number of carbonyl (C=O) groups is 1. The molecule has 23 heavy (non-hydrogen) atoms. The average Bonchev–Trinajstić information content (AvgIpc) is 2.47. The Balaban J connectivity index is 2.10. The second-order valence-electron chi connectivity index (χ2n) is 4.57. The average molecular weight is 414 g/mol. The molecule has 1 atom stereocenters. The molecule has 0 aromatic heterocycles. The van der Waals surface area contributed by atoms with Crippen molar-refractivity contribution in [3.63, 3.8) is 0 Å². The van der Waals surface area contributed by atoms with Crippen molar-refractivity contribution in [1.29, 1.82) is 0 Å². The molecule has 1 N–H and O–H groups in total. The van der Waals surface area contributed by atoms with E-state index in [0.29, 0.717) is 26.5 Å². The van der Waals surface area contributed by atoms with Gasteiger partial charge < -0.3 is 10.1 Å². The highest BCUT2D eigenvalue weighted by atomic mass is 35.5. The summed E-state index contributed by atoms with van der Waals surface area (Å²) in [6.07, 6.45) is -0.820. The van der Waals surface area contributed by atoms with Crippen molar-refractivity contribution >= 4 is 69.6 Å². The maximum absolute atomic E-state index is 12.2. The van der Waals surface area contributed by atoms with E-state index in [1.807, 2.05) is 0 Å². The lowest BCUT2D eigenvalue weighted by Crippen LogP contribution is -2.30. The summed E-state index contributed by atoms with van der Waals surface area (Å²) in [4.78, 5) is 12.2. The largest absolute Gasteiger partial charge is 0.479 e. The van der Waals surface area contributed by atoms with E-state index in [2.05, 4.69) is 5.32 Å². The van der Waals surface area contributed by atoms with Gasteiger partial charge in [-0.3, -0.25) is 4.79 Å². The van der Waals surface area contributed by atoms with Crippen molar-refractivity contribution in [1.82, 2.24) is 0 Å². The van der Waals surface area contributed by atoms with Gasteiger partial charge >= 0.3 is 0 Å². The Labute approximate surface area is 158 Å². The van der Waals surface area contributed by atoms with Gasteiger partial charge in [0.05, 0.1) is 25.8 Å². The van der Waals surface area contributed by atoms with Crippen LogP contribution in [0.5, 0.6) is 5.75 Å². The standard InChI is InChI=1S/C15H10Cl5NO2/c1-7(23-14-3-2-8(16)4-12(14)20)15(22)21-13-6-10(18)9(17)5-11(13)19/h2-7H,1H3,(H,21,22)/t7-/m0/s1. The van der Waals surface area contributed by atoms with Crippen molar-refractivity contribution in [2.45, 2.75) is 13.0 Å². The van der Waals surface area contributed by atoms with Gasteiger partial charge in [-0.1, -0.05) is 58.0 Å². The Morgan fingerprint density at radius 3 is 2.26 bits per heavy atom. The van der Waals surface area contributed by atoms with Gasteiger partial charge in [0.25, 0.3) is 5.91 Å². The quantitative estimate of drug-likeness (QED) is 0.592. The predicted octanol–water partition coefficient (Wildman–Crippen LogP) is 6.36. The van der Waals surface area contributed by atoms with Crippen LogP contribution in [0, 0.1) is 0 Å². The summed E-state index contributed by atoms with van der Waals surface area (Å²) in [6, 6.07) is 7.64. The van der Waals surface area contributed by atoms with E-state index in [-0.39, 0.29) is 10.0 Å². The fourth-order valence-corrected chi connectivity index (χ4v) is 2.71. The van der Waals surface area contributed by atoms with E-state index in [9.17, 15) is 4.79 Å².